The van der Waals surface area contributed by atoms with Crippen LogP contribution in [0.2, 0.25) is 0 Å². The van der Waals surface area contributed by atoms with E-state index < -0.39 is 0 Å². The summed E-state index contributed by atoms with van der Waals surface area (Å²) in [5.41, 5.74) is 3.21. The molecule has 4 heterocycles. The molecule has 0 saturated carbocycles. The Bertz CT molecular complexity index is 581. The van der Waals surface area contributed by atoms with Crippen LogP contribution in [0.3, 0.4) is 0 Å². The van der Waals surface area contributed by atoms with Gasteiger partial charge in [-0.05, 0) is 23.6 Å². The molecule has 0 amide bonds. The average molecular weight is 214 g/mol. The minimum Gasteiger partial charge on any atom is -0.311 e. The van der Waals surface area contributed by atoms with Gasteiger partial charge in [-0.3, -0.25) is 4.40 Å². The molecular weight excluding hydrogens is 208 g/mol. The van der Waals surface area contributed by atoms with Gasteiger partial charge in [-0.2, -0.15) is 0 Å². The van der Waals surface area contributed by atoms with E-state index in [0.29, 0.717) is 0 Å². The lowest BCUT2D eigenvalue weighted by atomic mass is 10.4. The lowest BCUT2D eigenvalue weighted by Gasteiger charge is -2.00. The molecule has 0 spiro atoms. The molecule has 4 rings (SSSR count). The molecule has 0 aliphatic carbocycles. The summed E-state index contributed by atoms with van der Waals surface area (Å²) in [6, 6.07) is 6.20. The van der Waals surface area contributed by atoms with Gasteiger partial charge in [0, 0.05) is 6.20 Å². The smallest absolute Gasteiger partial charge is 0.186 e. The molecular formula is C10H6N4S. The molecule has 15 heavy (non-hydrogen) atoms. The second-order valence-corrected chi connectivity index (χ2v) is 4.29. The van der Waals surface area contributed by atoms with Crippen LogP contribution in [0.15, 0.2) is 36.1 Å². The lowest BCUT2D eigenvalue weighted by molar-refractivity contribution is 1.11. The van der Waals surface area contributed by atoms with Crippen molar-refractivity contribution >= 4 is 32.8 Å². The van der Waals surface area contributed by atoms with E-state index in [1.165, 1.54) is 10.3 Å². The molecule has 72 valence electrons. The predicted molar refractivity (Wildman–Crippen MR) is 59.3 cm³/mol. The van der Waals surface area contributed by atoms with Crippen molar-refractivity contribution in [2.24, 2.45) is 0 Å². The Morgan fingerprint density at radius 3 is 3.13 bits per heavy atom. The Morgan fingerprint density at radius 1 is 1.13 bits per heavy atom. The second kappa shape index (κ2) is 2.38. The van der Waals surface area contributed by atoms with Gasteiger partial charge >= 0.3 is 0 Å². The Labute approximate surface area is 88.4 Å². The molecule has 0 saturated heterocycles. The first kappa shape index (κ1) is 7.42. The third kappa shape index (κ3) is 0.771. The van der Waals surface area contributed by atoms with Crippen LogP contribution in [0, 0.1) is 0 Å². The fourth-order valence-electron chi connectivity index (χ4n) is 1.99. The summed E-state index contributed by atoms with van der Waals surface area (Å²) in [5.74, 6) is 0. The first-order valence-electron chi connectivity index (χ1n) is 4.61. The van der Waals surface area contributed by atoms with Gasteiger partial charge in [0.15, 0.2) is 5.65 Å². The van der Waals surface area contributed by atoms with Crippen molar-refractivity contribution in [2.75, 3.05) is 0 Å². The SMILES string of the molecule is c1cc2c3nncn3c3sccc3n2c1. The van der Waals surface area contributed by atoms with E-state index in [2.05, 4.69) is 38.3 Å². The zero-order valence-electron chi connectivity index (χ0n) is 7.66. The van der Waals surface area contributed by atoms with Crippen LogP contribution in [0.25, 0.3) is 21.5 Å². The van der Waals surface area contributed by atoms with E-state index >= 15 is 0 Å². The van der Waals surface area contributed by atoms with Crippen LogP contribution in [0.1, 0.15) is 0 Å². The van der Waals surface area contributed by atoms with Crippen LogP contribution in [-0.2, 0) is 0 Å². The topological polar surface area (TPSA) is 34.6 Å². The normalized spacial score (nSPS) is 12.0. The Hall–Kier alpha value is -1.88. The molecule has 0 aromatic carbocycles. The van der Waals surface area contributed by atoms with Crippen molar-refractivity contribution in [1.82, 2.24) is 19.0 Å². The number of thiophene rings is 1. The number of fused-ring (bicyclic) bond motifs is 6. The van der Waals surface area contributed by atoms with Crippen molar-refractivity contribution in [3.63, 3.8) is 0 Å². The number of hydrogen-bond acceptors (Lipinski definition) is 3. The van der Waals surface area contributed by atoms with Crippen LogP contribution < -0.4 is 0 Å². The highest BCUT2D eigenvalue weighted by molar-refractivity contribution is 7.16. The van der Waals surface area contributed by atoms with Crippen LogP contribution in [-0.4, -0.2) is 19.0 Å². The van der Waals surface area contributed by atoms with Crippen LogP contribution in [0.4, 0.5) is 0 Å². The monoisotopic (exact) mass is 214 g/mol. The van der Waals surface area contributed by atoms with Crippen LogP contribution >= 0.6 is 11.3 Å². The highest BCUT2D eigenvalue weighted by Crippen LogP contribution is 2.25. The van der Waals surface area contributed by atoms with Crippen molar-refractivity contribution in [3.05, 3.63) is 36.1 Å². The second-order valence-electron chi connectivity index (χ2n) is 3.40. The molecule has 4 nitrogen and oxygen atoms in total. The molecule has 0 N–H and O–H groups in total. The minimum atomic E-state index is 0.912. The number of hydrogen-bond donors (Lipinski definition) is 0. The van der Waals surface area contributed by atoms with E-state index in [1.807, 2.05) is 10.5 Å². The maximum absolute atomic E-state index is 4.15. The Morgan fingerprint density at radius 2 is 2.13 bits per heavy atom. The summed E-state index contributed by atoms with van der Waals surface area (Å²) >= 11 is 1.70. The molecule has 4 aromatic rings. The average Bonchev–Trinajstić information content (AvgIpc) is 2.97. The number of rotatable bonds is 0. The highest BCUT2D eigenvalue weighted by Gasteiger charge is 2.09. The van der Waals surface area contributed by atoms with E-state index in [4.69, 9.17) is 0 Å². The van der Waals surface area contributed by atoms with Crippen molar-refractivity contribution in [1.29, 1.82) is 0 Å². The molecule has 0 atom stereocenters. The zero-order chi connectivity index (χ0) is 9.83. The predicted octanol–water partition coefficient (Wildman–Crippen LogP) is 2.20. The molecule has 5 heteroatoms. The van der Waals surface area contributed by atoms with Gasteiger partial charge < -0.3 is 4.40 Å². The van der Waals surface area contributed by atoms with Crippen LogP contribution in [0.5, 0.6) is 0 Å². The highest BCUT2D eigenvalue weighted by atomic mass is 32.1. The van der Waals surface area contributed by atoms with E-state index in [0.717, 1.165) is 11.2 Å². The Balaban J connectivity index is 2.56. The fourth-order valence-corrected chi connectivity index (χ4v) is 2.85. The summed E-state index contributed by atoms with van der Waals surface area (Å²) in [4.78, 5) is 1.18. The summed E-state index contributed by atoms with van der Waals surface area (Å²) in [6.45, 7) is 0. The van der Waals surface area contributed by atoms with Gasteiger partial charge in [-0.25, -0.2) is 0 Å². The quantitative estimate of drug-likeness (QED) is 0.449. The molecule has 0 aliphatic heterocycles. The zero-order valence-corrected chi connectivity index (χ0v) is 8.48. The van der Waals surface area contributed by atoms with Gasteiger partial charge in [-0.1, -0.05) is 0 Å². The standard InChI is InChI=1S/C10H6N4S/c1-2-7-9-12-11-6-14(9)10-8(3-5-15-10)13(7)4-1/h1-6H. The molecule has 0 unspecified atom stereocenters. The molecule has 0 radical (unpaired) electrons. The van der Waals surface area contributed by atoms with E-state index in [-0.39, 0.29) is 0 Å². The molecule has 0 fully saturated rings. The Kier molecular flexibility index (Phi) is 1.17. The maximum Gasteiger partial charge on any atom is 0.186 e. The minimum absolute atomic E-state index is 0.912. The van der Waals surface area contributed by atoms with Gasteiger partial charge in [0.05, 0.1) is 11.0 Å². The first-order chi connectivity index (χ1) is 7.45. The molecule has 4 aromatic heterocycles. The summed E-state index contributed by atoms with van der Waals surface area (Å²) in [5, 5.41) is 10.2. The number of nitrogens with zero attached hydrogens (tertiary/aromatic N) is 4. The van der Waals surface area contributed by atoms with Crippen molar-refractivity contribution in [3.8, 4) is 0 Å². The van der Waals surface area contributed by atoms with Crippen molar-refractivity contribution in [2.45, 2.75) is 0 Å². The summed E-state index contributed by atoms with van der Waals surface area (Å²) in [6.07, 6.45) is 3.82. The lowest BCUT2D eigenvalue weighted by Crippen LogP contribution is -1.91. The number of aromatic nitrogens is 4. The van der Waals surface area contributed by atoms with Gasteiger partial charge in [0.2, 0.25) is 0 Å². The molecule has 0 aliphatic rings. The third-order valence-electron chi connectivity index (χ3n) is 2.63. The third-order valence-corrected chi connectivity index (χ3v) is 3.53. The van der Waals surface area contributed by atoms with Gasteiger partial charge in [0.1, 0.15) is 11.2 Å². The largest absolute Gasteiger partial charge is 0.311 e. The molecule has 0 bridgehead atoms. The maximum atomic E-state index is 4.15. The summed E-state index contributed by atoms with van der Waals surface area (Å²) < 4.78 is 4.19. The first-order valence-corrected chi connectivity index (χ1v) is 5.49. The van der Waals surface area contributed by atoms with E-state index in [1.54, 1.807) is 17.7 Å². The fraction of sp³-hybridized carbons (Fsp3) is 0. The van der Waals surface area contributed by atoms with Crippen molar-refractivity contribution < 1.29 is 0 Å². The summed E-state index contributed by atoms with van der Waals surface area (Å²) in [7, 11) is 0. The van der Waals surface area contributed by atoms with Gasteiger partial charge in [-0.15, -0.1) is 21.5 Å². The van der Waals surface area contributed by atoms with Gasteiger partial charge in [0.25, 0.3) is 0 Å². The van der Waals surface area contributed by atoms with E-state index in [9.17, 15) is 0 Å².